The molecule has 102 valence electrons. The second kappa shape index (κ2) is 4.74. The number of hydrogen-bond acceptors (Lipinski definition) is 3. The van der Waals surface area contributed by atoms with Crippen LogP contribution in [0.25, 0.3) is 11.3 Å². The lowest BCUT2D eigenvalue weighted by molar-refractivity contribution is -0.137. The SMILES string of the molecule is N#Cc1c(C(F)(F)F)cc(-c2ccccc2O)[nH]c1=O. The number of nitrogens with one attached hydrogen (secondary N) is 1. The van der Waals surface area contributed by atoms with Gasteiger partial charge in [-0.15, -0.1) is 0 Å². The van der Waals surface area contributed by atoms with Crippen LogP contribution in [0, 0.1) is 11.3 Å². The molecule has 1 heterocycles. The zero-order chi connectivity index (χ0) is 14.9. The number of nitriles is 1. The van der Waals surface area contributed by atoms with Crippen molar-refractivity contribution in [3.05, 3.63) is 51.8 Å². The molecular formula is C13H7F3N2O2. The smallest absolute Gasteiger partial charge is 0.417 e. The Hall–Kier alpha value is -2.75. The molecule has 7 heteroatoms. The van der Waals surface area contributed by atoms with Crippen LogP contribution in [0.3, 0.4) is 0 Å². The predicted molar refractivity (Wildman–Crippen MR) is 63.9 cm³/mol. The molecule has 1 aromatic carbocycles. The van der Waals surface area contributed by atoms with Crippen molar-refractivity contribution in [2.45, 2.75) is 6.18 Å². The Morgan fingerprint density at radius 1 is 1.25 bits per heavy atom. The van der Waals surface area contributed by atoms with Crippen LogP contribution in [0.15, 0.2) is 35.1 Å². The van der Waals surface area contributed by atoms with E-state index in [4.69, 9.17) is 5.26 Å². The first-order chi connectivity index (χ1) is 9.34. The Morgan fingerprint density at radius 2 is 1.90 bits per heavy atom. The van der Waals surface area contributed by atoms with E-state index in [2.05, 4.69) is 4.98 Å². The summed E-state index contributed by atoms with van der Waals surface area (Å²) in [5.41, 5.74) is -3.65. The minimum absolute atomic E-state index is 0.0413. The summed E-state index contributed by atoms with van der Waals surface area (Å²) in [7, 11) is 0. The van der Waals surface area contributed by atoms with Crippen LogP contribution in [0.4, 0.5) is 13.2 Å². The molecule has 0 saturated carbocycles. The highest BCUT2D eigenvalue weighted by atomic mass is 19.4. The lowest BCUT2D eigenvalue weighted by atomic mass is 10.0. The van der Waals surface area contributed by atoms with E-state index in [0.29, 0.717) is 6.07 Å². The molecule has 0 spiro atoms. The summed E-state index contributed by atoms with van der Waals surface area (Å²) < 4.78 is 38.5. The minimum Gasteiger partial charge on any atom is -0.507 e. The fraction of sp³-hybridized carbons (Fsp3) is 0.0769. The molecule has 20 heavy (non-hydrogen) atoms. The van der Waals surface area contributed by atoms with Crippen LogP contribution >= 0.6 is 0 Å². The Bertz CT molecular complexity index is 757. The van der Waals surface area contributed by atoms with Crippen molar-refractivity contribution in [3.8, 4) is 23.1 Å². The summed E-state index contributed by atoms with van der Waals surface area (Å²) in [4.78, 5) is 13.7. The standard InChI is InChI=1S/C13H7F3N2O2/c14-13(15,16)9-5-10(18-12(20)8(9)6-17)7-3-1-2-4-11(7)19/h1-5,19H,(H,18,20). The van der Waals surface area contributed by atoms with E-state index in [1.165, 1.54) is 30.3 Å². The molecule has 0 aliphatic rings. The van der Waals surface area contributed by atoms with Crippen LogP contribution in [0.2, 0.25) is 0 Å². The summed E-state index contributed by atoms with van der Waals surface area (Å²) in [6.45, 7) is 0. The third kappa shape index (κ3) is 2.36. The van der Waals surface area contributed by atoms with Crippen LogP contribution < -0.4 is 5.56 Å². The number of aromatic hydroxyl groups is 1. The molecule has 2 rings (SSSR count). The molecule has 2 N–H and O–H groups in total. The van der Waals surface area contributed by atoms with E-state index in [0.717, 1.165) is 0 Å². The number of hydrogen-bond donors (Lipinski definition) is 2. The molecule has 0 radical (unpaired) electrons. The number of phenolic OH excluding ortho intramolecular Hbond substituents is 1. The van der Waals surface area contributed by atoms with E-state index in [1.54, 1.807) is 0 Å². The van der Waals surface area contributed by atoms with Crippen LogP contribution in [-0.2, 0) is 6.18 Å². The highest BCUT2D eigenvalue weighted by Crippen LogP contribution is 2.34. The van der Waals surface area contributed by atoms with Gasteiger partial charge in [-0.1, -0.05) is 12.1 Å². The molecular weight excluding hydrogens is 273 g/mol. The average molecular weight is 280 g/mol. The van der Waals surface area contributed by atoms with Gasteiger partial charge in [0.05, 0.1) is 11.3 Å². The van der Waals surface area contributed by atoms with Gasteiger partial charge in [0.15, 0.2) is 0 Å². The summed E-state index contributed by atoms with van der Waals surface area (Å²) in [6.07, 6.45) is -4.83. The fourth-order valence-corrected chi connectivity index (χ4v) is 1.74. The van der Waals surface area contributed by atoms with Crippen molar-refractivity contribution in [2.75, 3.05) is 0 Å². The molecule has 0 aliphatic carbocycles. The number of halogens is 3. The maximum Gasteiger partial charge on any atom is 0.417 e. The number of nitrogens with zero attached hydrogens (tertiary/aromatic N) is 1. The normalized spacial score (nSPS) is 11.1. The van der Waals surface area contributed by atoms with Gasteiger partial charge >= 0.3 is 6.18 Å². The highest BCUT2D eigenvalue weighted by Gasteiger charge is 2.35. The lowest BCUT2D eigenvalue weighted by Gasteiger charge is -2.11. The molecule has 0 amide bonds. The number of aromatic amines is 1. The number of rotatable bonds is 1. The van der Waals surface area contributed by atoms with E-state index >= 15 is 0 Å². The van der Waals surface area contributed by atoms with Crippen molar-refractivity contribution in [1.82, 2.24) is 4.98 Å². The maximum absolute atomic E-state index is 12.8. The number of H-pyrrole nitrogens is 1. The van der Waals surface area contributed by atoms with E-state index in [-0.39, 0.29) is 17.0 Å². The monoisotopic (exact) mass is 280 g/mol. The summed E-state index contributed by atoms with van der Waals surface area (Å²) in [5.74, 6) is -0.277. The Morgan fingerprint density at radius 3 is 2.45 bits per heavy atom. The molecule has 2 aromatic rings. The van der Waals surface area contributed by atoms with Crippen LogP contribution in [-0.4, -0.2) is 10.1 Å². The van der Waals surface area contributed by atoms with Gasteiger partial charge in [0, 0.05) is 5.56 Å². The third-order valence-electron chi connectivity index (χ3n) is 2.64. The summed E-state index contributed by atoms with van der Waals surface area (Å²) in [6, 6.07) is 7.49. The van der Waals surface area contributed by atoms with Gasteiger partial charge in [-0.05, 0) is 18.2 Å². The summed E-state index contributed by atoms with van der Waals surface area (Å²) in [5, 5.41) is 18.3. The number of benzene rings is 1. The number of para-hydroxylation sites is 1. The first-order valence-electron chi connectivity index (χ1n) is 5.37. The number of pyridine rings is 1. The van der Waals surface area contributed by atoms with E-state index in [1.807, 2.05) is 0 Å². The Kier molecular flexibility index (Phi) is 3.24. The topological polar surface area (TPSA) is 76.9 Å². The average Bonchev–Trinajstić information content (AvgIpc) is 2.37. The first kappa shape index (κ1) is 13.7. The molecule has 0 bridgehead atoms. The van der Waals surface area contributed by atoms with Crippen molar-refractivity contribution < 1.29 is 18.3 Å². The first-order valence-corrected chi connectivity index (χ1v) is 5.37. The van der Waals surface area contributed by atoms with Gasteiger partial charge in [0.1, 0.15) is 17.4 Å². The molecule has 4 nitrogen and oxygen atoms in total. The summed E-state index contributed by atoms with van der Waals surface area (Å²) >= 11 is 0. The predicted octanol–water partition coefficient (Wildman–Crippen LogP) is 2.64. The van der Waals surface area contributed by atoms with Crippen LogP contribution in [0.5, 0.6) is 5.75 Å². The molecule has 0 atom stereocenters. The molecule has 1 aromatic heterocycles. The Balaban J connectivity index is 2.77. The van der Waals surface area contributed by atoms with Gasteiger partial charge in [0.2, 0.25) is 0 Å². The van der Waals surface area contributed by atoms with E-state index in [9.17, 15) is 23.1 Å². The minimum atomic E-state index is -4.83. The van der Waals surface area contributed by atoms with Crippen molar-refractivity contribution >= 4 is 0 Å². The van der Waals surface area contributed by atoms with Crippen molar-refractivity contribution in [3.63, 3.8) is 0 Å². The zero-order valence-electron chi connectivity index (χ0n) is 9.82. The van der Waals surface area contributed by atoms with Crippen molar-refractivity contribution in [2.24, 2.45) is 0 Å². The zero-order valence-corrected chi connectivity index (χ0v) is 9.82. The van der Waals surface area contributed by atoms with Gasteiger partial charge in [0.25, 0.3) is 5.56 Å². The fourth-order valence-electron chi connectivity index (χ4n) is 1.74. The molecule has 0 aliphatic heterocycles. The molecule has 0 unspecified atom stereocenters. The highest BCUT2D eigenvalue weighted by molar-refractivity contribution is 5.67. The van der Waals surface area contributed by atoms with E-state index < -0.39 is 22.9 Å². The number of phenols is 1. The quantitative estimate of drug-likeness (QED) is 0.843. The second-order valence-electron chi connectivity index (χ2n) is 3.93. The van der Waals surface area contributed by atoms with Crippen molar-refractivity contribution in [1.29, 1.82) is 5.26 Å². The molecule has 0 fully saturated rings. The lowest BCUT2D eigenvalue weighted by Crippen LogP contribution is -2.19. The molecule has 0 saturated heterocycles. The number of aromatic nitrogens is 1. The Labute approximate surface area is 110 Å². The van der Waals surface area contributed by atoms with Gasteiger partial charge in [-0.2, -0.15) is 18.4 Å². The van der Waals surface area contributed by atoms with Gasteiger partial charge in [-0.25, -0.2) is 0 Å². The maximum atomic E-state index is 12.8. The van der Waals surface area contributed by atoms with Crippen LogP contribution in [0.1, 0.15) is 11.1 Å². The van der Waals surface area contributed by atoms with Gasteiger partial charge < -0.3 is 10.1 Å². The van der Waals surface area contributed by atoms with Gasteiger partial charge in [-0.3, -0.25) is 4.79 Å². The second-order valence-corrected chi connectivity index (χ2v) is 3.93. The number of alkyl halides is 3. The third-order valence-corrected chi connectivity index (χ3v) is 2.64. The largest absolute Gasteiger partial charge is 0.507 e.